The van der Waals surface area contributed by atoms with Gasteiger partial charge in [-0.1, -0.05) is 6.92 Å². The zero-order valence-electron chi connectivity index (χ0n) is 24.4. The fourth-order valence-corrected chi connectivity index (χ4v) is 5.38. The van der Waals surface area contributed by atoms with E-state index >= 15 is 0 Å². The zero-order chi connectivity index (χ0) is 31.4. The molecule has 0 aliphatic heterocycles. The highest BCUT2D eigenvalue weighted by molar-refractivity contribution is 7.92. The molecule has 0 saturated carbocycles. The number of aromatic amines is 1. The van der Waals surface area contributed by atoms with Gasteiger partial charge >= 0.3 is 5.97 Å². The average molecular weight is 615 g/mol. The molecule has 0 fully saturated rings. The third-order valence-electron chi connectivity index (χ3n) is 6.63. The number of nitrogens with zero attached hydrogens (tertiary/aromatic N) is 3. The normalized spacial score (nSPS) is 12.0. The second kappa shape index (κ2) is 12.5. The van der Waals surface area contributed by atoms with Gasteiger partial charge in [-0.25, -0.2) is 32.9 Å². The molecule has 3 aromatic carbocycles. The molecule has 1 atom stereocenters. The number of nitrogens with one attached hydrogen (secondary N) is 3. The first kappa shape index (κ1) is 30.2. The fourth-order valence-electron chi connectivity index (χ4n) is 4.43. The Bertz CT molecular complexity index is 1920. The number of rotatable bonds is 10. The molecule has 13 heteroatoms. The monoisotopic (exact) mass is 614 g/mol. The SMILES string of the molecule is CCC(OC(=O)c1ccc2nc(-c3ccc(OC)cc3)[nH]c2c1)C(=O)Nc1ccc(S(=O)(=O)Nc2nc(C)cc(C)n2)cc1. The molecule has 0 aliphatic rings. The van der Waals surface area contributed by atoms with Crippen LogP contribution in [-0.4, -0.2) is 53.4 Å². The molecule has 1 unspecified atom stereocenters. The van der Waals surface area contributed by atoms with Gasteiger partial charge in [-0.05, 0) is 93.1 Å². The summed E-state index contributed by atoms with van der Waals surface area (Å²) in [5.41, 5.74) is 3.99. The van der Waals surface area contributed by atoms with E-state index in [0.29, 0.717) is 33.9 Å². The standard InChI is InChI=1S/C31H30N6O6S/c1-5-27(29(38)34-22-9-13-24(14-10-22)44(40,41)37-31-32-18(2)16-19(3)33-31)43-30(39)21-8-15-25-26(17-21)36-28(35-25)20-6-11-23(42-4)12-7-20/h6-17,27H,5H2,1-4H3,(H,34,38)(H,35,36)(H,32,33,37). The van der Waals surface area contributed by atoms with E-state index in [4.69, 9.17) is 9.47 Å². The minimum absolute atomic E-state index is 0.0307. The van der Waals surface area contributed by atoms with Crippen molar-refractivity contribution in [2.24, 2.45) is 0 Å². The summed E-state index contributed by atoms with van der Waals surface area (Å²) < 4.78 is 38.7. The van der Waals surface area contributed by atoms with Crippen molar-refractivity contribution in [1.82, 2.24) is 19.9 Å². The molecular weight excluding hydrogens is 584 g/mol. The Morgan fingerprint density at radius 3 is 2.23 bits per heavy atom. The highest BCUT2D eigenvalue weighted by Gasteiger charge is 2.23. The Morgan fingerprint density at radius 1 is 0.909 bits per heavy atom. The Labute approximate surface area is 253 Å². The van der Waals surface area contributed by atoms with E-state index in [9.17, 15) is 18.0 Å². The van der Waals surface area contributed by atoms with Crippen molar-refractivity contribution in [3.63, 3.8) is 0 Å². The highest BCUT2D eigenvalue weighted by Crippen LogP contribution is 2.24. The maximum absolute atomic E-state index is 13.0. The number of aromatic nitrogens is 4. The first-order valence-electron chi connectivity index (χ1n) is 13.7. The lowest BCUT2D eigenvalue weighted by molar-refractivity contribution is -0.124. The number of benzene rings is 3. The maximum atomic E-state index is 13.0. The number of carbonyl (C=O) groups is 2. The van der Waals surface area contributed by atoms with Gasteiger partial charge in [-0.3, -0.25) is 4.79 Å². The number of sulfonamides is 1. The Morgan fingerprint density at radius 2 is 1.59 bits per heavy atom. The zero-order valence-corrected chi connectivity index (χ0v) is 25.2. The molecule has 5 rings (SSSR count). The van der Waals surface area contributed by atoms with Gasteiger partial charge in [-0.2, -0.15) is 0 Å². The van der Waals surface area contributed by atoms with E-state index in [1.165, 1.54) is 24.3 Å². The second-order valence-electron chi connectivity index (χ2n) is 9.94. The van der Waals surface area contributed by atoms with Crippen molar-refractivity contribution >= 4 is 44.6 Å². The lowest BCUT2D eigenvalue weighted by Gasteiger charge is -2.16. The molecule has 5 aromatic rings. The van der Waals surface area contributed by atoms with E-state index in [-0.39, 0.29) is 22.8 Å². The largest absolute Gasteiger partial charge is 0.497 e. The number of imidazole rings is 1. The van der Waals surface area contributed by atoms with Gasteiger partial charge in [0, 0.05) is 22.6 Å². The molecule has 0 radical (unpaired) electrons. The van der Waals surface area contributed by atoms with Gasteiger partial charge in [0.05, 0.1) is 28.6 Å². The molecule has 44 heavy (non-hydrogen) atoms. The topological polar surface area (TPSA) is 165 Å². The minimum atomic E-state index is -3.96. The van der Waals surface area contributed by atoms with Crippen LogP contribution in [0, 0.1) is 13.8 Å². The summed E-state index contributed by atoms with van der Waals surface area (Å²) in [4.78, 5) is 41.9. The summed E-state index contributed by atoms with van der Waals surface area (Å²) in [6.07, 6.45) is -0.862. The van der Waals surface area contributed by atoms with Gasteiger partial charge in [0.1, 0.15) is 11.6 Å². The summed E-state index contributed by atoms with van der Waals surface area (Å²) in [6, 6.07) is 19.6. The molecule has 3 N–H and O–H groups in total. The fraction of sp³-hybridized carbons (Fsp3) is 0.194. The van der Waals surface area contributed by atoms with Crippen LogP contribution in [-0.2, 0) is 19.6 Å². The predicted molar refractivity (Wildman–Crippen MR) is 165 cm³/mol. The maximum Gasteiger partial charge on any atom is 0.338 e. The van der Waals surface area contributed by atoms with Crippen molar-refractivity contribution in [2.45, 2.75) is 38.2 Å². The van der Waals surface area contributed by atoms with Gasteiger partial charge in [0.15, 0.2) is 6.10 Å². The quantitative estimate of drug-likeness (QED) is 0.183. The third-order valence-corrected chi connectivity index (χ3v) is 7.98. The van der Waals surface area contributed by atoms with Gasteiger partial charge in [0.2, 0.25) is 5.95 Å². The Hall–Kier alpha value is -5.30. The van der Waals surface area contributed by atoms with Crippen LogP contribution in [0.4, 0.5) is 11.6 Å². The lowest BCUT2D eigenvalue weighted by Crippen LogP contribution is -2.32. The number of anilines is 2. The predicted octanol–water partition coefficient (Wildman–Crippen LogP) is 5.02. The first-order chi connectivity index (χ1) is 21.0. The molecule has 0 aliphatic carbocycles. The molecular formula is C31H30N6O6S. The van der Waals surface area contributed by atoms with Crippen LogP contribution < -0.4 is 14.8 Å². The number of amides is 1. The summed E-state index contributed by atoms with van der Waals surface area (Å²) in [6.45, 7) is 5.19. The average Bonchev–Trinajstić information content (AvgIpc) is 3.43. The van der Waals surface area contributed by atoms with E-state index in [0.717, 1.165) is 11.3 Å². The Kier molecular flexibility index (Phi) is 8.58. The van der Waals surface area contributed by atoms with E-state index in [1.54, 1.807) is 52.1 Å². The highest BCUT2D eigenvalue weighted by atomic mass is 32.2. The van der Waals surface area contributed by atoms with Crippen LogP contribution in [0.15, 0.2) is 77.7 Å². The van der Waals surface area contributed by atoms with E-state index in [1.807, 2.05) is 24.3 Å². The van der Waals surface area contributed by atoms with Crippen LogP contribution in [0.1, 0.15) is 35.1 Å². The molecule has 1 amide bonds. The van der Waals surface area contributed by atoms with Gasteiger partial charge in [0.25, 0.3) is 15.9 Å². The smallest absolute Gasteiger partial charge is 0.338 e. The molecule has 2 aromatic heterocycles. The van der Waals surface area contributed by atoms with Gasteiger partial charge < -0.3 is 19.8 Å². The van der Waals surface area contributed by atoms with Crippen molar-refractivity contribution < 1.29 is 27.5 Å². The van der Waals surface area contributed by atoms with Gasteiger partial charge in [-0.15, -0.1) is 0 Å². The number of ether oxygens (including phenoxy) is 2. The molecule has 2 heterocycles. The Balaban J connectivity index is 1.23. The number of H-pyrrole nitrogens is 1. The summed E-state index contributed by atoms with van der Waals surface area (Å²) in [7, 11) is -2.37. The van der Waals surface area contributed by atoms with Crippen LogP contribution in [0.25, 0.3) is 22.4 Å². The molecule has 12 nitrogen and oxygen atoms in total. The summed E-state index contributed by atoms with van der Waals surface area (Å²) >= 11 is 0. The van der Waals surface area contributed by atoms with E-state index < -0.39 is 28.0 Å². The molecule has 0 bridgehead atoms. The van der Waals surface area contributed by atoms with Crippen LogP contribution in [0.5, 0.6) is 5.75 Å². The minimum Gasteiger partial charge on any atom is -0.497 e. The second-order valence-corrected chi connectivity index (χ2v) is 11.6. The third kappa shape index (κ3) is 6.84. The number of hydrogen-bond donors (Lipinski definition) is 3. The number of aryl methyl sites for hydroxylation is 2. The first-order valence-corrected chi connectivity index (χ1v) is 15.1. The summed E-state index contributed by atoms with van der Waals surface area (Å²) in [5, 5.41) is 2.67. The van der Waals surface area contributed by atoms with Crippen molar-refractivity contribution in [3.05, 3.63) is 89.7 Å². The van der Waals surface area contributed by atoms with Crippen LogP contribution >= 0.6 is 0 Å². The van der Waals surface area contributed by atoms with Crippen LogP contribution in [0.2, 0.25) is 0 Å². The summed E-state index contributed by atoms with van der Waals surface area (Å²) in [5.74, 6) is 0.105. The van der Waals surface area contributed by atoms with Crippen LogP contribution in [0.3, 0.4) is 0 Å². The van der Waals surface area contributed by atoms with Crippen molar-refractivity contribution in [1.29, 1.82) is 0 Å². The number of methoxy groups -OCH3 is 1. The number of carbonyl (C=O) groups excluding carboxylic acids is 2. The number of fused-ring (bicyclic) bond motifs is 1. The van der Waals surface area contributed by atoms with E-state index in [2.05, 4.69) is 30.0 Å². The van der Waals surface area contributed by atoms with Crippen molar-refractivity contribution in [2.75, 3.05) is 17.1 Å². The molecule has 0 spiro atoms. The number of esters is 1. The lowest BCUT2D eigenvalue weighted by atomic mass is 10.2. The molecule has 0 saturated heterocycles. The number of hydrogen-bond acceptors (Lipinski definition) is 9. The molecule has 226 valence electrons. The van der Waals surface area contributed by atoms with Crippen molar-refractivity contribution in [3.8, 4) is 17.1 Å².